The van der Waals surface area contributed by atoms with Gasteiger partial charge in [-0.1, -0.05) is 0 Å². The Morgan fingerprint density at radius 1 is 1.36 bits per heavy atom. The van der Waals surface area contributed by atoms with Crippen LogP contribution in [-0.4, -0.2) is 55.5 Å². The highest BCUT2D eigenvalue weighted by Crippen LogP contribution is 2.37. The normalized spacial score (nSPS) is 18.4. The van der Waals surface area contributed by atoms with Gasteiger partial charge in [0.1, 0.15) is 12.1 Å². The highest BCUT2D eigenvalue weighted by molar-refractivity contribution is 6.05. The molecule has 0 bridgehead atoms. The number of hydrogen-bond acceptors (Lipinski definition) is 6. The van der Waals surface area contributed by atoms with Gasteiger partial charge < -0.3 is 25.6 Å². The topological polar surface area (TPSA) is 117 Å². The summed E-state index contributed by atoms with van der Waals surface area (Å²) >= 11 is 0. The van der Waals surface area contributed by atoms with E-state index in [2.05, 4.69) is 16.0 Å². The van der Waals surface area contributed by atoms with E-state index in [4.69, 9.17) is 4.74 Å². The van der Waals surface area contributed by atoms with Crippen LogP contribution in [0.5, 0.6) is 0 Å². The molecule has 1 saturated heterocycles. The molecule has 3 amide bonds. The Hall–Kier alpha value is -3.10. The van der Waals surface area contributed by atoms with Crippen LogP contribution < -0.4 is 20.9 Å². The van der Waals surface area contributed by atoms with Crippen LogP contribution in [-0.2, 0) is 19.1 Å². The summed E-state index contributed by atoms with van der Waals surface area (Å²) in [6.07, 6.45) is 1.77. The fourth-order valence-corrected chi connectivity index (χ4v) is 3.45. The number of fused-ring (bicyclic) bond motifs is 3. The first kappa shape index (κ1) is 19.7. The van der Waals surface area contributed by atoms with Crippen molar-refractivity contribution in [2.24, 2.45) is 0 Å². The molecular formula is C19H24N4O5. The molecule has 0 spiro atoms. The molecule has 3 rings (SSSR count). The minimum atomic E-state index is -0.724. The van der Waals surface area contributed by atoms with E-state index in [0.29, 0.717) is 12.2 Å². The van der Waals surface area contributed by atoms with Crippen molar-refractivity contribution in [1.82, 2.24) is 10.6 Å². The fraction of sp³-hybridized carbons (Fsp3) is 0.474. The van der Waals surface area contributed by atoms with E-state index < -0.39 is 24.5 Å². The average molecular weight is 388 g/mol. The summed E-state index contributed by atoms with van der Waals surface area (Å²) in [7, 11) is 0. The number of ether oxygens (including phenoxy) is 1. The molecule has 28 heavy (non-hydrogen) atoms. The van der Waals surface area contributed by atoms with Crippen LogP contribution in [0.2, 0.25) is 0 Å². The Balaban J connectivity index is 1.58. The quantitative estimate of drug-likeness (QED) is 0.608. The summed E-state index contributed by atoms with van der Waals surface area (Å²) < 4.78 is 5.03. The van der Waals surface area contributed by atoms with Crippen LogP contribution in [0.25, 0.3) is 0 Å². The number of esters is 1. The molecule has 2 heterocycles. The van der Waals surface area contributed by atoms with Gasteiger partial charge in [0.25, 0.3) is 5.91 Å². The Morgan fingerprint density at radius 3 is 2.89 bits per heavy atom. The Morgan fingerprint density at radius 2 is 2.14 bits per heavy atom. The van der Waals surface area contributed by atoms with E-state index >= 15 is 0 Å². The molecular weight excluding hydrogens is 364 g/mol. The number of carbonyl (C=O) groups is 4. The van der Waals surface area contributed by atoms with Crippen molar-refractivity contribution >= 4 is 35.1 Å². The summed E-state index contributed by atoms with van der Waals surface area (Å²) in [5, 5.41) is 7.88. The zero-order chi connectivity index (χ0) is 20.3. The predicted molar refractivity (Wildman–Crippen MR) is 102 cm³/mol. The third-order valence-electron chi connectivity index (χ3n) is 4.81. The van der Waals surface area contributed by atoms with Crippen LogP contribution in [0, 0.1) is 0 Å². The predicted octanol–water partition coefficient (Wildman–Crippen LogP) is 0.405. The zero-order valence-electron chi connectivity index (χ0n) is 15.9. The highest BCUT2D eigenvalue weighted by atomic mass is 16.5. The number of benzene rings is 1. The van der Waals surface area contributed by atoms with Gasteiger partial charge >= 0.3 is 5.97 Å². The molecule has 9 heteroatoms. The molecule has 2 atom stereocenters. The molecule has 150 valence electrons. The van der Waals surface area contributed by atoms with Crippen molar-refractivity contribution in [2.45, 2.75) is 38.8 Å². The summed E-state index contributed by atoms with van der Waals surface area (Å²) in [4.78, 5) is 50.0. The van der Waals surface area contributed by atoms with Crippen LogP contribution in [0.4, 0.5) is 11.4 Å². The molecule has 2 aliphatic rings. The van der Waals surface area contributed by atoms with E-state index in [0.717, 1.165) is 25.1 Å². The monoisotopic (exact) mass is 388 g/mol. The van der Waals surface area contributed by atoms with Crippen molar-refractivity contribution in [3.63, 3.8) is 0 Å². The number of nitrogens with one attached hydrogen (secondary N) is 3. The van der Waals surface area contributed by atoms with Gasteiger partial charge in [0.2, 0.25) is 11.8 Å². The lowest BCUT2D eigenvalue weighted by atomic mass is 10.1. The van der Waals surface area contributed by atoms with Crippen LogP contribution in [0.1, 0.15) is 37.0 Å². The van der Waals surface area contributed by atoms with E-state index in [-0.39, 0.29) is 23.4 Å². The van der Waals surface area contributed by atoms with Gasteiger partial charge in [-0.25, -0.2) is 4.79 Å². The van der Waals surface area contributed by atoms with Crippen molar-refractivity contribution in [2.75, 3.05) is 29.9 Å². The standard InChI is InChI=1S/C19H24N4O5/c1-3-20-17(25)11(2)21-16(24)10-28-19(27)12-6-7-14-13(9-12)22-18(26)15-5-4-8-23(14)15/h6-7,9,11,15H,3-5,8,10H2,1-2H3,(H,20,25)(H,21,24)(H,22,26)/t11-,15+/m1/s1. The molecule has 1 aromatic carbocycles. The molecule has 0 unspecified atom stereocenters. The Bertz CT molecular complexity index is 810. The third-order valence-corrected chi connectivity index (χ3v) is 4.81. The largest absolute Gasteiger partial charge is 0.452 e. The lowest BCUT2D eigenvalue weighted by Gasteiger charge is -2.33. The number of nitrogens with zero attached hydrogens (tertiary/aromatic N) is 1. The molecule has 0 radical (unpaired) electrons. The molecule has 1 aromatic rings. The lowest BCUT2D eigenvalue weighted by Crippen LogP contribution is -2.46. The van der Waals surface area contributed by atoms with Gasteiger partial charge in [-0.05, 0) is 44.9 Å². The first-order valence-corrected chi connectivity index (χ1v) is 9.36. The maximum absolute atomic E-state index is 12.3. The molecule has 0 aromatic heterocycles. The number of carbonyl (C=O) groups excluding carboxylic acids is 4. The molecule has 9 nitrogen and oxygen atoms in total. The van der Waals surface area contributed by atoms with Crippen LogP contribution >= 0.6 is 0 Å². The number of hydrogen-bond donors (Lipinski definition) is 3. The second-order valence-corrected chi connectivity index (χ2v) is 6.83. The van der Waals surface area contributed by atoms with Gasteiger partial charge in [-0.3, -0.25) is 14.4 Å². The van der Waals surface area contributed by atoms with E-state index in [1.54, 1.807) is 32.0 Å². The smallest absolute Gasteiger partial charge is 0.338 e. The van der Waals surface area contributed by atoms with Gasteiger partial charge in [0, 0.05) is 13.1 Å². The number of amides is 3. The minimum absolute atomic E-state index is 0.0748. The summed E-state index contributed by atoms with van der Waals surface area (Å²) in [6.45, 7) is 4.09. The number of likely N-dealkylation sites (N-methyl/N-ethyl adjacent to an activating group) is 1. The number of rotatable bonds is 6. The van der Waals surface area contributed by atoms with Crippen molar-refractivity contribution < 1.29 is 23.9 Å². The molecule has 0 saturated carbocycles. The second-order valence-electron chi connectivity index (χ2n) is 6.83. The SMILES string of the molecule is CCNC(=O)[C@@H](C)NC(=O)COC(=O)c1ccc2c(c1)NC(=O)[C@@H]1CCCN21. The molecule has 2 aliphatic heterocycles. The van der Waals surface area contributed by atoms with Crippen molar-refractivity contribution in [3.05, 3.63) is 23.8 Å². The fourth-order valence-electron chi connectivity index (χ4n) is 3.45. The van der Waals surface area contributed by atoms with E-state index in [9.17, 15) is 19.2 Å². The van der Waals surface area contributed by atoms with E-state index in [1.807, 2.05) is 4.90 Å². The summed E-state index contributed by atoms with van der Waals surface area (Å²) in [6, 6.07) is 4.07. The highest BCUT2D eigenvalue weighted by Gasteiger charge is 2.36. The average Bonchev–Trinajstić information content (AvgIpc) is 3.16. The zero-order valence-corrected chi connectivity index (χ0v) is 15.9. The van der Waals surface area contributed by atoms with E-state index in [1.165, 1.54) is 0 Å². The third kappa shape index (κ3) is 4.08. The summed E-state index contributed by atoms with van der Waals surface area (Å²) in [5.74, 6) is -1.64. The molecule has 1 fully saturated rings. The van der Waals surface area contributed by atoms with Gasteiger partial charge in [0.15, 0.2) is 6.61 Å². The Labute approximate surface area is 162 Å². The maximum atomic E-state index is 12.3. The van der Waals surface area contributed by atoms with Gasteiger partial charge in [0.05, 0.1) is 16.9 Å². The number of anilines is 2. The minimum Gasteiger partial charge on any atom is -0.452 e. The summed E-state index contributed by atoms with van der Waals surface area (Å²) in [5.41, 5.74) is 1.68. The van der Waals surface area contributed by atoms with Crippen LogP contribution in [0.15, 0.2) is 18.2 Å². The molecule has 0 aliphatic carbocycles. The van der Waals surface area contributed by atoms with Crippen molar-refractivity contribution in [3.8, 4) is 0 Å². The van der Waals surface area contributed by atoms with Gasteiger partial charge in [-0.15, -0.1) is 0 Å². The Kier molecular flexibility index (Phi) is 5.81. The maximum Gasteiger partial charge on any atom is 0.338 e. The van der Waals surface area contributed by atoms with Crippen LogP contribution in [0.3, 0.4) is 0 Å². The van der Waals surface area contributed by atoms with Crippen molar-refractivity contribution in [1.29, 1.82) is 0 Å². The second kappa shape index (κ2) is 8.28. The van der Waals surface area contributed by atoms with Gasteiger partial charge in [-0.2, -0.15) is 0 Å². The lowest BCUT2D eigenvalue weighted by molar-refractivity contribution is -0.130. The first-order valence-electron chi connectivity index (χ1n) is 9.36. The molecule has 3 N–H and O–H groups in total. The first-order chi connectivity index (χ1) is 13.4.